The molecule has 0 radical (unpaired) electrons. The third-order valence-electron chi connectivity index (χ3n) is 2.95. The summed E-state index contributed by atoms with van der Waals surface area (Å²) in [4.78, 5) is 9.55. The lowest BCUT2D eigenvalue weighted by Gasteiger charge is -2.23. The van der Waals surface area contributed by atoms with Crippen molar-refractivity contribution >= 4 is 5.69 Å². The van der Waals surface area contributed by atoms with E-state index in [1.165, 1.54) is 5.56 Å². The number of hydrogen-bond acceptors (Lipinski definition) is 4. The Kier molecular flexibility index (Phi) is 3.06. The summed E-state index contributed by atoms with van der Waals surface area (Å²) in [5, 5.41) is 6.53. The summed E-state index contributed by atoms with van der Waals surface area (Å²) in [6.45, 7) is 3.42. The molecule has 3 aromatic rings. The highest BCUT2D eigenvalue weighted by molar-refractivity contribution is 5.47. The van der Waals surface area contributed by atoms with Crippen LogP contribution < -0.4 is 4.90 Å². The summed E-state index contributed by atoms with van der Waals surface area (Å²) in [6.07, 6.45) is 3.58. The molecular weight excluding hydrogens is 242 g/mol. The Morgan fingerprint density at radius 3 is 2.47 bits per heavy atom. The van der Waals surface area contributed by atoms with Gasteiger partial charge in [0.15, 0.2) is 0 Å². The highest BCUT2D eigenvalue weighted by atomic mass is 16.6. The van der Waals surface area contributed by atoms with Crippen LogP contribution in [0, 0.1) is 6.92 Å². The first kappa shape index (κ1) is 11.6. The number of aryl methyl sites for hydroxylation is 1. The Morgan fingerprint density at radius 2 is 1.89 bits per heavy atom. The van der Waals surface area contributed by atoms with E-state index < -0.39 is 0 Å². The van der Waals surface area contributed by atoms with E-state index in [1.807, 2.05) is 6.20 Å². The Balaban J connectivity index is 1.81. The third-order valence-corrected chi connectivity index (χ3v) is 2.95. The first-order chi connectivity index (χ1) is 9.31. The molecule has 0 aliphatic carbocycles. The zero-order valence-corrected chi connectivity index (χ0v) is 10.6. The molecule has 0 aliphatic heterocycles. The topological polar surface area (TPSA) is 73.7 Å². The smallest absolute Gasteiger partial charge is 0.200 e. The van der Waals surface area contributed by atoms with Gasteiger partial charge in [-0.05, 0) is 24.2 Å². The number of nitrogens with zero attached hydrogens (tertiary/aromatic N) is 3. The maximum absolute atomic E-state index is 4.61. The van der Waals surface area contributed by atoms with E-state index in [0.717, 1.165) is 17.3 Å². The maximum Gasteiger partial charge on any atom is 0.200 e. The van der Waals surface area contributed by atoms with Crippen molar-refractivity contribution in [1.82, 2.24) is 20.3 Å². The van der Waals surface area contributed by atoms with Crippen molar-refractivity contribution in [2.75, 3.05) is 4.90 Å². The van der Waals surface area contributed by atoms with Crippen LogP contribution in [0.4, 0.5) is 5.69 Å². The standard InChI is InChI=1S/C13H15N5O/c1-10-2-4-11(5-3-10)18(9-13-16-19-17-13)8-12-14-6-7-15-12/h2-7H,8-9H2,1H3,(H,14,15)(H,16,17). The summed E-state index contributed by atoms with van der Waals surface area (Å²) >= 11 is 0. The van der Waals surface area contributed by atoms with Gasteiger partial charge in [-0.25, -0.2) is 4.98 Å². The number of rotatable bonds is 5. The van der Waals surface area contributed by atoms with Gasteiger partial charge in [0.1, 0.15) is 5.82 Å². The second kappa shape index (κ2) is 5.01. The second-order valence-corrected chi connectivity index (χ2v) is 4.46. The Labute approximate surface area is 110 Å². The molecule has 0 saturated heterocycles. The number of imidazole rings is 1. The molecule has 0 aliphatic rings. The summed E-state index contributed by atoms with van der Waals surface area (Å²) in [6, 6.07) is 8.38. The van der Waals surface area contributed by atoms with Gasteiger partial charge in [-0.3, -0.25) is 4.63 Å². The normalized spacial score (nSPS) is 10.8. The molecule has 6 heteroatoms. The van der Waals surface area contributed by atoms with Crippen molar-refractivity contribution in [2.45, 2.75) is 20.0 Å². The first-order valence-corrected chi connectivity index (χ1v) is 6.10. The zero-order valence-electron chi connectivity index (χ0n) is 10.6. The van der Waals surface area contributed by atoms with Crippen LogP contribution in [-0.2, 0) is 13.1 Å². The quantitative estimate of drug-likeness (QED) is 0.735. The molecule has 3 rings (SSSR count). The molecule has 2 N–H and O–H groups in total. The van der Waals surface area contributed by atoms with Gasteiger partial charge in [0.25, 0.3) is 0 Å². The molecule has 1 aromatic carbocycles. The Bertz CT molecular complexity index is 599. The lowest BCUT2D eigenvalue weighted by atomic mass is 10.2. The highest BCUT2D eigenvalue weighted by Crippen LogP contribution is 2.19. The molecule has 0 fully saturated rings. The van der Waals surface area contributed by atoms with Crippen LogP contribution in [-0.4, -0.2) is 20.3 Å². The van der Waals surface area contributed by atoms with Gasteiger partial charge >= 0.3 is 0 Å². The molecule has 0 atom stereocenters. The molecule has 0 saturated carbocycles. The van der Waals surface area contributed by atoms with E-state index in [-0.39, 0.29) is 0 Å². The van der Waals surface area contributed by atoms with Crippen LogP contribution in [0.1, 0.15) is 17.2 Å². The Morgan fingerprint density at radius 1 is 1.16 bits per heavy atom. The molecule has 0 bridgehead atoms. The zero-order chi connectivity index (χ0) is 13.1. The van der Waals surface area contributed by atoms with Crippen molar-refractivity contribution < 1.29 is 4.63 Å². The van der Waals surface area contributed by atoms with E-state index in [1.54, 1.807) is 6.20 Å². The first-order valence-electron chi connectivity index (χ1n) is 6.10. The van der Waals surface area contributed by atoms with Crippen LogP contribution in [0.3, 0.4) is 0 Å². The molecule has 0 spiro atoms. The fourth-order valence-corrected chi connectivity index (χ4v) is 1.91. The van der Waals surface area contributed by atoms with Crippen molar-refractivity contribution in [3.8, 4) is 0 Å². The predicted molar refractivity (Wildman–Crippen MR) is 70.5 cm³/mol. The SMILES string of the molecule is Cc1ccc(N(Cc2ncc[nH]2)Cc2no[nH]2)cc1. The van der Waals surface area contributed by atoms with Crippen molar-refractivity contribution in [2.24, 2.45) is 0 Å². The van der Waals surface area contributed by atoms with Crippen LogP contribution >= 0.6 is 0 Å². The average molecular weight is 257 g/mol. The fraction of sp³-hybridized carbons (Fsp3) is 0.231. The summed E-state index contributed by atoms with van der Waals surface area (Å²) in [5.41, 5.74) is 2.36. The van der Waals surface area contributed by atoms with Gasteiger partial charge in [0.2, 0.25) is 5.82 Å². The van der Waals surface area contributed by atoms with Crippen molar-refractivity contribution in [3.63, 3.8) is 0 Å². The fourth-order valence-electron chi connectivity index (χ4n) is 1.91. The number of H-pyrrole nitrogens is 2. The van der Waals surface area contributed by atoms with Crippen LogP contribution in [0.2, 0.25) is 0 Å². The predicted octanol–water partition coefficient (Wildman–Crippen LogP) is 2.24. The minimum Gasteiger partial charge on any atom is -0.356 e. The van der Waals surface area contributed by atoms with E-state index in [4.69, 9.17) is 0 Å². The van der Waals surface area contributed by atoms with Crippen LogP contribution in [0.5, 0.6) is 0 Å². The lowest BCUT2D eigenvalue weighted by molar-refractivity contribution is 0.200. The van der Waals surface area contributed by atoms with Gasteiger partial charge in [0, 0.05) is 18.1 Å². The average Bonchev–Trinajstić information content (AvgIpc) is 2.86. The number of benzene rings is 1. The van der Waals surface area contributed by atoms with E-state index in [2.05, 4.69) is 61.0 Å². The maximum atomic E-state index is 4.61. The largest absolute Gasteiger partial charge is 0.356 e. The van der Waals surface area contributed by atoms with Crippen LogP contribution in [0.15, 0.2) is 41.3 Å². The van der Waals surface area contributed by atoms with Crippen molar-refractivity contribution in [3.05, 3.63) is 53.9 Å². The monoisotopic (exact) mass is 257 g/mol. The summed E-state index contributed by atoms with van der Waals surface area (Å²) in [7, 11) is 0. The molecule has 0 unspecified atom stereocenters. The number of nitrogens with one attached hydrogen (secondary N) is 2. The highest BCUT2D eigenvalue weighted by Gasteiger charge is 2.12. The number of hydrogen-bond donors (Lipinski definition) is 2. The number of anilines is 1. The van der Waals surface area contributed by atoms with Gasteiger partial charge in [-0.1, -0.05) is 17.7 Å². The summed E-state index contributed by atoms with van der Waals surface area (Å²) < 4.78 is 4.61. The third kappa shape index (κ3) is 2.67. The van der Waals surface area contributed by atoms with Crippen molar-refractivity contribution in [1.29, 1.82) is 0 Å². The van der Waals surface area contributed by atoms with Gasteiger partial charge in [0.05, 0.1) is 13.1 Å². The van der Waals surface area contributed by atoms with E-state index in [0.29, 0.717) is 13.1 Å². The summed E-state index contributed by atoms with van der Waals surface area (Å²) in [5.74, 6) is 1.73. The Hall–Kier alpha value is -2.50. The number of aromatic amines is 2. The molecule has 19 heavy (non-hydrogen) atoms. The van der Waals surface area contributed by atoms with Gasteiger partial charge < -0.3 is 9.88 Å². The van der Waals surface area contributed by atoms with E-state index >= 15 is 0 Å². The number of aromatic nitrogens is 4. The van der Waals surface area contributed by atoms with Gasteiger partial charge in [-0.2, -0.15) is 5.16 Å². The molecule has 6 nitrogen and oxygen atoms in total. The second-order valence-electron chi connectivity index (χ2n) is 4.46. The lowest BCUT2D eigenvalue weighted by Crippen LogP contribution is -2.24. The molecule has 0 amide bonds. The minimum absolute atomic E-state index is 0.657. The minimum atomic E-state index is 0.657. The molecule has 2 aromatic heterocycles. The van der Waals surface area contributed by atoms with E-state index in [9.17, 15) is 0 Å². The molecular formula is C13H15N5O. The van der Waals surface area contributed by atoms with Gasteiger partial charge in [-0.15, -0.1) is 0 Å². The van der Waals surface area contributed by atoms with Crippen LogP contribution in [0.25, 0.3) is 0 Å². The molecule has 2 heterocycles. The molecule has 98 valence electrons.